The maximum absolute atomic E-state index is 13.0. The largest absolute Gasteiger partial charge is 1.00 e. The van der Waals surface area contributed by atoms with Gasteiger partial charge in [0.1, 0.15) is 20.2 Å². The molecule has 162 valence electrons. The minimum atomic E-state index is -4.76. The van der Waals surface area contributed by atoms with Gasteiger partial charge in [-0.1, -0.05) is 0 Å². The Morgan fingerprint density at radius 3 is 1.18 bits per heavy atom. The average Bonchev–Trinajstić information content (AvgIpc) is 2.71. The normalized spacial score (nSPS) is 12.1. The molecular formula is C20H10N2Na2O8S2. The van der Waals surface area contributed by atoms with Crippen molar-refractivity contribution in [2.24, 2.45) is 0 Å². The maximum Gasteiger partial charge on any atom is 1.00 e. The number of nitrogens with one attached hydrogen (secondary N) is 2. The number of benzene rings is 3. The maximum atomic E-state index is 13.0. The summed E-state index contributed by atoms with van der Waals surface area (Å²) in [5.41, 5.74) is -0.0439. The molecule has 5 rings (SSSR count). The van der Waals surface area contributed by atoms with E-state index in [2.05, 4.69) is 9.97 Å². The second-order valence-corrected chi connectivity index (χ2v) is 9.93. The van der Waals surface area contributed by atoms with Crippen LogP contribution in [0.5, 0.6) is 0 Å². The third kappa shape index (κ3) is 4.51. The van der Waals surface area contributed by atoms with Gasteiger partial charge in [0.25, 0.3) is 0 Å². The molecule has 0 saturated carbocycles. The van der Waals surface area contributed by atoms with E-state index in [0.29, 0.717) is 0 Å². The van der Waals surface area contributed by atoms with E-state index >= 15 is 0 Å². The minimum Gasteiger partial charge on any atom is -0.744 e. The molecule has 2 heterocycles. The summed E-state index contributed by atoms with van der Waals surface area (Å²) < 4.78 is 67.9. The van der Waals surface area contributed by atoms with Crippen LogP contribution in [-0.4, -0.2) is 35.9 Å². The molecule has 0 aliphatic heterocycles. The van der Waals surface area contributed by atoms with Gasteiger partial charge in [-0.25, -0.2) is 16.8 Å². The van der Waals surface area contributed by atoms with E-state index < -0.39 is 40.9 Å². The van der Waals surface area contributed by atoms with Gasteiger partial charge < -0.3 is 19.1 Å². The van der Waals surface area contributed by atoms with Crippen LogP contribution in [0.2, 0.25) is 0 Å². The number of aromatic nitrogens is 2. The van der Waals surface area contributed by atoms with Crippen LogP contribution in [0.3, 0.4) is 0 Å². The Bertz CT molecular complexity index is 1840. The van der Waals surface area contributed by atoms with Gasteiger partial charge in [-0.15, -0.1) is 0 Å². The predicted octanol–water partition coefficient (Wildman–Crippen LogP) is -4.51. The Morgan fingerprint density at radius 1 is 0.529 bits per heavy atom. The van der Waals surface area contributed by atoms with E-state index in [1.807, 2.05) is 0 Å². The smallest absolute Gasteiger partial charge is 0.744 e. The van der Waals surface area contributed by atoms with Crippen molar-refractivity contribution in [3.63, 3.8) is 0 Å². The molecule has 5 aromatic rings. The summed E-state index contributed by atoms with van der Waals surface area (Å²) in [4.78, 5) is 30.8. The van der Waals surface area contributed by atoms with Crippen LogP contribution >= 0.6 is 0 Å². The molecule has 0 spiro atoms. The first-order valence-corrected chi connectivity index (χ1v) is 11.8. The van der Waals surface area contributed by atoms with Crippen molar-refractivity contribution in [3.05, 3.63) is 69.0 Å². The number of aromatic amines is 2. The first kappa shape index (κ1) is 27.0. The van der Waals surface area contributed by atoms with Gasteiger partial charge in [-0.05, 0) is 48.5 Å². The molecule has 0 aliphatic rings. The zero-order valence-corrected chi connectivity index (χ0v) is 23.3. The predicted molar refractivity (Wildman–Crippen MR) is 114 cm³/mol. The third-order valence-electron chi connectivity index (χ3n) is 5.23. The third-order valence-corrected chi connectivity index (χ3v) is 6.90. The van der Waals surface area contributed by atoms with Gasteiger partial charge in [0.2, 0.25) is 0 Å². The Balaban J connectivity index is 0.00000162. The average molecular weight is 516 g/mol. The van der Waals surface area contributed by atoms with Gasteiger partial charge in [0, 0.05) is 32.6 Å². The SMILES string of the molecule is O=c1c2cc(S(=O)(=O)[O-])ccc2[nH]c2cc3c(=O)c4cc(S(=O)(=O)[O-])ccc4[nH]c3cc12.[Na+].[Na+]. The number of rotatable bonds is 2. The fourth-order valence-electron chi connectivity index (χ4n) is 3.71. The summed E-state index contributed by atoms with van der Waals surface area (Å²) >= 11 is 0. The molecule has 0 bridgehead atoms. The van der Waals surface area contributed by atoms with Crippen molar-refractivity contribution >= 4 is 63.8 Å². The van der Waals surface area contributed by atoms with Crippen LogP contribution in [0.15, 0.2) is 67.9 Å². The van der Waals surface area contributed by atoms with Crippen LogP contribution in [0.4, 0.5) is 0 Å². The summed E-state index contributed by atoms with van der Waals surface area (Å²) in [6.07, 6.45) is 0. The Morgan fingerprint density at radius 2 is 0.853 bits per heavy atom. The van der Waals surface area contributed by atoms with Crippen LogP contribution in [-0.2, 0) is 20.2 Å². The summed E-state index contributed by atoms with van der Waals surface area (Å²) in [5, 5.41) is 0.253. The molecule has 10 nitrogen and oxygen atoms in total. The van der Waals surface area contributed by atoms with Crippen LogP contribution < -0.4 is 70.0 Å². The summed E-state index contributed by atoms with van der Waals surface area (Å²) in [7, 11) is -9.52. The summed E-state index contributed by atoms with van der Waals surface area (Å²) in [5.74, 6) is 0. The Labute approximate surface area is 235 Å². The summed E-state index contributed by atoms with van der Waals surface area (Å²) in [6, 6.07) is 9.49. The molecule has 2 aromatic heterocycles. The van der Waals surface area contributed by atoms with E-state index in [4.69, 9.17) is 0 Å². The second-order valence-electron chi connectivity index (χ2n) is 7.17. The van der Waals surface area contributed by atoms with E-state index in [9.17, 15) is 35.5 Å². The van der Waals surface area contributed by atoms with E-state index in [1.165, 1.54) is 24.3 Å². The van der Waals surface area contributed by atoms with E-state index in [-0.39, 0.29) is 103 Å². The zero-order valence-electron chi connectivity index (χ0n) is 17.7. The standard InChI is InChI=1S/C20H12N2O8S2.2Na/c23-19-11-5-9(31(25,26)27)1-3-15(11)21-17-7-14-18(8-13(17)19)22-16-4-2-10(32(28,29)30)6-12(16)20(14)24;;/h1-8H,(H,21,23)(H,22,24)(H,25,26,27)(H,28,29,30);;/q;2*+1/p-2. The molecule has 2 N–H and O–H groups in total. The molecule has 0 aliphatic carbocycles. The van der Waals surface area contributed by atoms with Crippen molar-refractivity contribution in [3.8, 4) is 0 Å². The van der Waals surface area contributed by atoms with Crippen LogP contribution in [0.1, 0.15) is 0 Å². The van der Waals surface area contributed by atoms with Gasteiger partial charge in [-0.2, -0.15) is 0 Å². The van der Waals surface area contributed by atoms with Crippen LogP contribution in [0, 0.1) is 0 Å². The molecule has 0 atom stereocenters. The molecule has 0 saturated heterocycles. The number of pyridine rings is 2. The number of fused-ring (bicyclic) bond motifs is 4. The molecular weight excluding hydrogens is 506 g/mol. The topological polar surface area (TPSA) is 180 Å². The van der Waals surface area contributed by atoms with Crippen molar-refractivity contribution in [2.45, 2.75) is 9.79 Å². The van der Waals surface area contributed by atoms with Gasteiger partial charge in [-0.3, -0.25) is 9.59 Å². The van der Waals surface area contributed by atoms with Gasteiger partial charge >= 0.3 is 59.1 Å². The van der Waals surface area contributed by atoms with Gasteiger partial charge in [0.15, 0.2) is 10.9 Å². The second kappa shape index (κ2) is 9.13. The number of hydrogen-bond acceptors (Lipinski definition) is 8. The Kier molecular flexibility index (Phi) is 7.26. The molecule has 0 unspecified atom stereocenters. The molecule has 3 aromatic carbocycles. The van der Waals surface area contributed by atoms with Gasteiger partial charge in [0.05, 0.1) is 20.8 Å². The fraction of sp³-hybridized carbons (Fsp3) is 0. The molecule has 0 radical (unpaired) electrons. The first-order chi connectivity index (χ1) is 14.9. The molecule has 0 fully saturated rings. The molecule has 34 heavy (non-hydrogen) atoms. The van der Waals surface area contributed by atoms with Crippen molar-refractivity contribution in [1.29, 1.82) is 0 Å². The van der Waals surface area contributed by atoms with Crippen molar-refractivity contribution in [1.82, 2.24) is 9.97 Å². The first-order valence-electron chi connectivity index (χ1n) is 8.95. The molecule has 0 amide bonds. The zero-order chi connectivity index (χ0) is 23.0. The minimum absolute atomic E-state index is 0. The van der Waals surface area contributed by atoms with E-state index in [0.717, 1.165) is 24.3 Å². The van der Waals surface area contributed by atoms with Crippen LogP contribution in [0.25, 0.3) is 43.6 Å². The Hall–Kier alpha value is -1.58. The fourth-order valence-corrected chi connectivity index (χ4v) is 4.71. The van der Waals surface area contributed by atoms with Crippen molar-refractivity contribution in [2.75, 3.05) is 0 Å². The molecule has 14 heteroatoms. The van der Waals surface area contributed by atoms with E-state index in [1.54, 1.807) is 0 Å². The monoisotopic (exact) mass is 516 g/mol. The number of H-pyrrole nitrogens is 2. The number of hydrogen-bond donors (Lipinski definition) is 2. The van der Waals surface area contributed by atoms with Crippen molar-refractivity contribution < 1.29 is 85.1 Å². The summed E-state index contributed by atoms with van der Waals surface area (Å²) in [6.45, 7) is 0. The quantitative estimate of drug-likeness (QED) is 0.134.